The Morgan fingerprint density at radius 2 is 2.20 bits per heavy atom. The van der Waals surface area contributed by atoms with Crippen LogP contribution in [0.3, 0.4) is 0 Å². The zero-order valence-corrected chi connectivity index (χ0v) is 12.7. The molecule has 0 amide bonds. The monoisotopic (exact) mass is 295 g/mol. The number of ether oxygens (including phenoxy) is 1. The molecule has 110 valence electrons. The first-order chi connectivity index (χ1) is 9.56. The fourth-order valence-corrected chi connectivity index (χ4v) is 4.83. The Morgan fingerprint density at radius 3 is 2.95 bits per heavy atom. The highest BCUT2D eigenvalue weighted by Gasteiger charge is 2.31. The zero-order valence-electron chi connectivity index (χ0n) is 11.8. The van der Waals surface area contributed by atoms with Crippen molar-refractivity contribution in [1.29, 1.82) is 0 Å². The Kier molecular flexibility index (Phi) is 3.73. The van der Waals surface area contributed by atoms with Gasteiger partial charge < -0.3 is 4.74 Å². The van der Waals surface area contributed by atoms with Gasteiger partial charge in [-0.25, -0.2) is 8.42 Å². The van der Waals surface area contributed by atoms with Crippen molar-refractivity contribution in [3.63, 3.8) is 0 Å². The lowest BCUT2D eigenvalue weighted by atomic mass is 10.0. The molecule has 0 spiro atoms. The summed E-state index contributed by atoms with van der Waals surface area (Å²) in [7, 11) is -3.29. The van der Waals surface area contributed by atoms with E-state index in [1.54, 1.807) is 4.31 Å². The van der Waals surface area contributed by atoms with E-state index < -0.39 is 10.0 Å². The van der Waals surface area contributed by atoms with Gasteiger partial charge in [-0.3, -0.25) is 4.31 Å². The lowest BCUT2D eigenvalue weighted by Gasteiger charge is -2.31. The molecule has 4 nitrogen and oxygen atoms in total. The molecule has 1 fully saturated rings. The number of nitrogens with zero attached hydrogens (tertiary/aromatic N) is 1. The molecule has 0 aromatic heterocycles. The van der Waals surface area contributed by atoms with Gasteiger partial charge in [-0.05, 0) is 49.8 Å². The molecule has 20 heavy (non-hydrogen) atoms. The van der Waals surface area contributed by atoms with Crippen LogP contribution in [0.2, 0.25) is 0 Å². The first-order valence-corrected chi connectivity index (χ1v) is 8.89. The molecule has 0 aliphatic carbocycles. The summed E-state index contributed by atoms with van der Waals surface area (Å²) in [4.78, 5) is 0. The molecule has 0 N–H and O–H groups in total. The second-order valence-corrected chi connectivity index (χ2v) is 7.66. The fourth-order valence-electron chi connectivity index (χ4n) is 3.04. The smallest absolute Gasteiger partial charge is 0.237 e. The van der Waals surface area contributed by atoms with E-state index in [0.29, 0.717) is 13.2 Å². The summed E-state index contributed by atoms with van der Waals surface area (Å²) in [5.41, 5.74) is 3.11. The van der Waals surface area contributed by atoms with Crippen LogP contribution in [0.1, 0.15) is 30.4 Å². The maximum absolute atomic E-state index is 12.7. The molecular weight excluding hydrogens is 274 g/mol. The lowest BCUT2D eigenvalue weighted by Crippen LogP contribution is -2.39. The van der Waals surface area contributed by atoms with Crippen LogP contribution in [0.5, 0.6) is 0 Å². The Balaban J connectivity index is 1.88. The third-order valence-corrected chi connectivity index (χ3v) is 5.92. The first-order valence-electron chi connectivity index (χ1n) is 7.28. The van der Waals surface area contributed by atoms with Gasteiger partial charge in [0.25, 0.3) is 0 Å². The molecule has 1 saturated heterocycles. The predicted molar refractivity (Wildman–Crippen MR) is 79.6 cm³/mol. The number of benzene rings is 1. The average Bonchev–Trinajstić information content (AvgIpc) is 2.90. The third kappa shape index (κ3) is 2.69. The summed E-state index contributed by atoms with van der Waals surface area (Å²) >= 11 is 0. The zero-order chi connectivity index (χ0) is 14.2. The van der Waals surface area contributed by atoms with E-state index in [1.165, 1.54) is 0 Å². The number of hydrogen-bond acceptors (Lipinski definition) is 3. The minimum absolute atomic E-state index is 0.111. The fraction of sp³-hybridized carbons (Fsp3) is 0.600. The SMILES string of the molecule is Cc1ccc2c(c1)N(S(=O)(=O)CC1CCCO1)CCC2. The second kappa shape index (κ2) is 5.37. The van der Waals surface area contributed by atoms with Crippen LogP contribution in [0.4, 0.5) is 5.69 Å². The van der Waals surface area contributed by atoms with Gasteiger partial charge in [-0.2, -0.15) is 0 Å². The molecule has 2 aliphatic heterocycles. The van der Waals surface area contributed by atoms with Crippen molar-refractivity contribution in [3.8, 4) is 0 Å². The van der Waals surface area contributed by atoms with Gasteiger partial charge in [0.05, 0.1) is 17.5 Å². The molecule has 1 atom stereocenters. The maximum atomic E-state index is 12.7. The van der Waals surface area contributed by atoms with Crippen molar-refractivity contribution in [3.05, 3.63) is 29.3 Å². The summed E-state index contributed by atoms with van der Waals surface area (Å²) in [6, 6.07) is 6.09. The Hall–Kier alpha value is -1.07. The van der Waals surface area contributed by atoms with Gasteiger partial charge in [0, 0.05) is 13.2 Å². The Labute approximate surface area is 120 Å². The van der Waals surface area contributed by atoms with E-state index in [0.717, 1.165) is 42.5 Å². The first kappa shape index (κ1) is 13.9. The second-order valence-electron chi connectivity index (χ2n) is 5.72. The van der Waals surface area contributed by atoms with E-state index in [9.17, 15) is 8.42 Å². The Bertz CT molecular complexity index is 591. The van der Waals surface area contributed by atoms with Crippen LogP contribution in [0.15, 0.2) is 18.2 Å². The van der Waals surface area contributed by atoms with Crippen LogP contribution in [-0.4, -0.2) is 33.4 Å². The molecule has 0 bridgehead atoms. The van der Waals surface area contributed by atoms with Crippen LogP contribution >= 0.6 is 0 Å². The predicted octanol–water partition coefficient (Wildman–Crippen LogP) is 2.26. The maximum Gasteiger partial charge on any atom is 0.237 e. The summed E-state index contributed by atoms with van der Waals surface area (Å²) in [5, 5.41) is 0. The summed E-state index contributed by atoms with van der Waals surface area (Å²) in [6.07, 6.45) is 3.54. The van der Waals surface area contributed by atoms with Gasteiger partial charge in [0.15, 0.2) is 0 Å². The molecule has 0 saturated carbocycles. The van der Waals surface area contributed by atoms with Gasteiger partial charge in [0.2, 0.25) is 10.0 Å². The van der Waals surface area contributed by atoms with Crippen molar-refractivity contribution in [2.24, 2.45) is 0 Å². The molecular formula is C15H21NO3S. The number of aryl methyl sites for hydroxylation is 2. The standard InChI is InChI=1S/C15H21NO3S/c1-12-6-7-13-4-2-8-16(15(13)10-12)20(17,18)11-14-5-3-9-19-14/h6-7,10,14H,2-5,8-9,11H2,1H3. The summed E-state index contributed by atoms with van der Waals surface area (Å²) < 4.78 is 32.4. The quantitative estimate of drug-likeness (QED) is 0.859. The molecule has 2 heterocycles. The average molecular weight is 295 g/mol. The van der Waals surface area contributed by atoms with Crippen molar-refractivity contribution < 1.29 is 13.2 Å². The van der Waals surface area contributed by atoms with Crippen molar-refractivity contribution in [2.45, 2.75) is 38.7 Å². The number of anilines is 1. The molecule has 2 aliphatic rings. The molecule has 1 aromatic carbocycles. The van der Waals surface area contributed by atoms with E-state index in [2.05, 4.69) is 12.1 Å². The minimum atomic E-state index is -3.29. The lowest BCUT2D eigenvalue weighted by molar-refractivity contribution is 0.127. The molecule has 1 aromatic rings. The van der Waals surface area contributed by atoms with Gasteiger partial charge in [-0.1, -0.05) is 12.1 Å². The van der Waals surface area contributed by atoms with E-state index >= 15 is 0 Å². The van der Waals surface area contributed by atoms with E-state index in [-0.39, 0.29) is 11.9 Å². The highest BCUT2D eigenvalue weighted by atomic mass is 32.2. The highest BCUT2D eigenvalue weighted by Crippen LogP contribution is 2.31. The summed E-state index contributed by atoms with van der Waals surface area (Å²) in [6.45, 7) is 3.28. The van der Waals surface area contributed by atoms with Crippen LogP contribution in [0, 0.1) is 6.92 Å². The molecule has 0 radical (unpaired) electrons. The van der Waals surface area contributed by atoms with E-state index in [1.807, 2.05) is 13.0 Å². The van der Waals surface area contributed by atoms with E-state index in [4.69, 9.17) is 4.74 Å². The topological polar surface area (TPSA) is 46.6 Å². The van der Waals surface area contributed by atoms with Crippen molar-refractivity contribution in [2.75, 3.05) is 23.2 Å². The normalized spacial score (nSPS) is 22.9. The third-order valence-electron chi connectivity index (χ3n) is 4.07. The van der Waals surface area contributed by atoms with Crippen LogP contribution in [-0.2, 0) is 21.2 Å². The van der Waals surface area contributed by atoms with Gasteiger partial charge in [-0.15, -0.1) is 0 Å². The number of sulfonamides is 1. The van der Waals surface area contributed by atoms with Crippen LogP contribution < -0.4 is 4.31 Å². The molecule has 5 heteroatoms. The number of fused-ring (bicyclic) bond motifs is 1. The van der Waals surface area contributed by atoms with Crippen molar-refractivity contribution in [1.82, 2.24) is 0 Å². The van der Waals surface area contributed by atoms with Gasteiger partial charge in [0.1, 0.15) is 0 Å². The Morgan fingerprint density at radius 1 is 1.35 bits per heavy atom. The minimum Gasteiger partial charge on any atom is -0.377 e. The highest BCUT2D eigenvalue weighted by molar-refractivity contribution is 7.92. The number of rotatable bonds is 3. The van der Waals surface area contributed by atoms with Gasteiger partial charge >= 0.3 is 0 Å². The summed E-state index contributed by atoms with van der Waals surface area (Å²) in [5.74, 6) is 0.111. The molecule has 3 rings (SSSR count). The largest absolute Gasteiger partial charge is 0.377 e. The number of hydrogen-bond donors (Lipinski definition) is 0. The molecule has 1 unspecified atom stereocenters. The van der Waals surface area contributed by atoms with Crippen LogP contribution in [0.25, 0.3) is 0 Å². The van der Waals surface area contributed by atoms with Crippen molar-refractivity contribution >= 4 is 15.7 Å².